The molecule has 0 amide bonds. The molecule has 5 nitrogen and oxygen atoms in total. The Balaban J connectivity index is 2.04. The molecule has 0 bridgehead atoms. The maximum Gasteiger partial charge on any atom is 0.340 e. The average molecular weight is 401 g/mol. The monoisotopic (exact) mass is 400 g/mol. The van der Waals surface area contributed by atoms with Gasteiger partial charge < -0.3 is 4.18 Å². The lowest BCUT2D eigenvalue weighted by Gasteiger charge is -2.11. The Morgan fingerprint density at radius 3 is 2.44 bits per heavy atom. The highest BCUT2D eigenvalue weighted by Crippen LogP contribution is 2.29. The Hall–Kier alpha value is -2.09. The third kappa shape index (κ3) is 3.78. The van der Waals surface area contributed by atoms with Gasteiger partial charge in [-0.1, -0.05) is 23.2 Å². The van der Waals surface area contributed by atoms with Gasteiger partial charge in [-0.25, -0.2) is 4.39 Å². The molecule has 2 aromatic carbocycles. The SMILES string of the molecule is Cc1cc(OS(=O)(=O)c2ccc(F)cc2)n(-c2cc(Cl)ccc2Cl)n1. The first kappa shape index (κ1) is 17.7. The second-order valence-electron chi connectivity index (χ2n) is 5.12. The number of hydrogen-bond acceptors (Lipinski definition) is 4. The zero-order valence-electron chi connectivity index (χ0n) is 12.8. The molecule has 0 N–H and O–H groups in total. The van der Waals surface area contributed by atoms with Crippen molar-refractivity contribution in [2.45, 2.75) is 11.8 Å². The summed E-state index contributed by atoms with van der Waals surface area (Å²) < 4.78 is 44.2. The fourth-order valence-electron chi connectivity index (χ4n) is 2.12. The summed E-state index contributed by atoms with van der Waals surface area (Å²) >= 11 is 12.1. The van der Waals surface area contributed by atoms with E-state index in [1.54, 1.807) is 19.1 Å². The van der Waals surface area contributed by atoms with Crippen LogP contribution in [0.2, 0.25) is 10.0 Å². The largest absolute Gasteiger partial charge is 0.358 e. The first-order valence-corrected chi connectivity index (χ1v) is 9.15. The molecule has 0 saturated heterocycles. The van der Waals surface area contributed by atoms with Crippen molar-refractivity contribution >= 4 is 33.3 Å². The molecular weight excluding hydrogens is 390 g/mol. The van der Waals surface area contributed by atoms with Crippen molar-refractivity contribution in [3.63, 3.8) is 0 Å². The number of aryl methyl sites for hydroxylation is 1. The van der Waals surface area contributed by atoms with Crippen LogP contribution in [0.3, 0.4) is 0 Å². The van der Waals surface area contributed by atoms with Crippen molar-refractivity contribution in [1.82, 2.24) is 9.78 Å². The van der Waals surface area contributed by atoms with Gasteiger partial charge in [-0.15, -0.1) is 0 Å². The summed E-state index contributed by atoms with van der Waals surface area (Å²) in [6.45, 7) is 1.67. The molecule has 0 unspecified atom stereocenters. The van der Waals surface area contributed by atoms with E-state index in [4.69, 9.17) is 27.4 Å². The maximum atomic E-state index is 13.0. The topological polar surface area (TPSA) is 61.2 Å². The van der Waals surface area contributed by atoms with Crippen LogP contribution in [0.4, 0.5) is 4.39 Å². The van der Waals surface area contributed by atoms with E-state index in [1.807, 2.05) is 0 Å². The lowest BCUT2D eigenvalue weighted by molar-refractivity contribution is 0.465. The van der Waals surface area contributed by atoms with Crippen LogP contribution in [-0.4, -0.2) is 18.2 Å². The fourth-order valence-corrected chi connectivity index (χ4v) is 3.39. The second-order valence-corrected chi connectivity index (χ2v) is 7.51. The zero-order chi connectivity index (χ0) is 18.2. The van der Waals surface area contributed by atoms with Crippen molar-refractivity contribution in [1.29, 1.82) is 0 Å². The van der Waals surface area contributed by atoms with Crippen LogP contribution in [0.5, 0.6) is 5.88 Å². The highest BCUT2D eigenvalue weighted by atomic mass is 35.5. The van der Waals surface area contributed by atoms with Gasteiger partial charge in [0.1, 0.15) is 10.7 Å². The molecule has 0 aliphatic heterocycles. The number of halogens is 3. The predicted molar refractivity (Wildman–Crippen MR) is 92.5 cm³/mol. The number of rotatable bonds is 4. The average Bonchev–Trinajstić information content (AvgIpc) is 2.89. The van der Waals surface area contributed by atoms with Gasteiger partial charge >= 0.3 is 10.1 Å². The minimum atomic E-state index is -4.17. The van der Waals surface area contributed by atoms with Gasteiger partial charge in [-0.2, -0.15) is 18.2 Å². The summed E-state index contributed by atoms with van der Waals surface area (Å²) in [5, 5.41) is 4.92. The maximum absolute atomic E-state index is 13.0. The number of aromatic nitrogens is 2. The summed E-state index contributed by atoms with van der Waals surface area (Å²) in [6, 6.07) is 10.4. The molecule has 0 radical (unpaired) electrons. The Morgan fingerprint density at radius 2 is 1.76 bits per heavy atom. The minimum Gasteiger partial charge on any atom is -0.358 e. The van der Waals surface area contributed by atoms with E-state index < -0.39 is 15.9 Å². The summed E-state index contributed by atoms with van der Waals surface area (Å²) in [5.74, 6) is -0.614. The smallest absolute Gasteiger partial charge is 0.340 e. The zero-order valence-corrected chi connectivity index (χ0v) is 15.1. The van der Waals surface area contributed by atoms with Crippen molar-refractivity contribution in [3.05, 3.63) is 70.1 Å². The molecule has 130 valence electrons. The Morgan fingerprint density at radius 1 is 1.08 bits per heavy atom. The minimum absolute atomic E-state index is 0.0639. The fraction of sp³-hybridized carbons (Fsp3) is 0.0625. The van der Waals surface area contributed by atoms with Crippen LogP contribution >= 0.6 is 23.2 Å². The van der Waals surface area contributed by atoms with Crippen molar-refractivity contribution < 1.29 is 17.0 Å². The third-order valence-corrected chi connectivity index (χ3v) is 5.03. The van der Waals surface area contributed by atoms with Crippen LogP contribution in [-0.2, 0) is 10.1 Å². The molecule has 0 atom stereocenters. The van der Waals surface area contributed by atoms with Crippen LogP contribution in [0.1, 0.15) is 5.69 Å². The third-order valence-electron chi connectivity index (χ3n) is 3.23. The predicted octanol–water partition coefficient (Wildman–Crippen LogP) is 4.39. The molecule has 1 aromatic heterocycles. The summed E-state index contributed by atoms with van der Waals surface area (Å²) in [5.41, 5.74) is 0.881. The molecule has 1 heterocycles. The molecule has 3 rings (SSSR count). The van der Waals surface area contributed by atoms with E-state index in [1.165, 1.54) is 16.8 Å². The molecule has 0 aliphatic carbocycles. The number of hydrogen-bond donors (Lipinski definition) is 0. The van der Waals surface area contributed by atoms with Crippen LogP contribution < -0.4 is 4.18 Å². The standard InChI is InChI=1S/C16H11Cl2FN2O3S/c1-10-8-16(21(20-10)15-9-11(17)2-7-14(15)18)24-25(22,23)13-5-3-12(19)4-6-13/h2-9H,1H3. The normalized spacial score (nSPS) is 11.5. The lowest BCUT2D eigenvalue weighted by atomic mass is 10.3. The van der Waals surface area contributed by atoms with Gasteiger partial charge in [-0.3, -0.25) is 0 Å². The van der Waals surface area contributed by atoms with Crippen molar-refractivity contribution in [2.75, 3.05) is 0 Å². The van der Waals surface area contributed by atoms with Gasteiger partial charge in [0.2, 0.25) is 5.88 Å². The van der Waals surface area contributed by atoms with E-state index in [-0.39, 0.29) is 10.8 Å². The molecule has 3 aromatic rings. The Kier molecular flexibility index (Phi) is 4.73. The van der Waals surface area contributed by atoms with Gasteiger partial charge in [0.25, 0.3) is 0 Å². The summed E-state index contributed by atoms with van der Waals surface area (Å²) in [7, 11) is -4.17. The van der Waals surface area contributed by atoms with Gasteiger partial charge in [0.05, 0.1) is 16.4 Å². The molecular formula is C16H11Cl2FN2O3S. The van der Waals surface area contributed by atoms with Gasteiger partial charge in [0, 0.05) is 11.1 Å². The summed E-state index contributed by atoms with van der Waals surface area (Å²) in [6.07, 6.45) is 0. The van der Waals surface area contributed by atoms with Gasteiger partial charge in [-0.05, 0) is 49.4 Å². The molecule has 0 saturated carbocycles. The highest BCUT2D eigenvalue weighted by Gasteiger charge is 2.21. The van der Waals surface area contributed by atoms with E-state index in [9.17, 15) is 12.8 Å². The van der Waals surface area contributed by atoms with Crippen molar-refractivity contribution in [3.8, 4) is 11.6 Å². The quantitative estimate of drug-likeness (QED) is 0.609. The van der Waals surface area contributed by atoms with Crippen LogP contribution in [0.15, 0.2) is 53.4 Å². The van der Waals surface area contributed by atoms with E-state index in [0.717, 1.165) is 24.3 Å². The first-order valence-electron chi connectivity index (χ1n) is 6.98. The number of nitrogens with zero attached hydrogens (tertiary/aromatic N) is 2. The highest BCUT2D eigenvalue weighted by molar-refractivity contribution is 7.87. The van der Waals surface area contributed by atoms with Crippen molar-refractivity contribution in [2.24, 2.45) is 0 Å². The van der Waals surface area contributed by atoms with Crippen LogP contribution in [0, 0.1) is 12.7 Å². The van der Waals surface area contributed by atoms with Crippen LogP contribution in [0.25, 0.3) is 5.69 Å². The van der Waals surface area contributed by atoms with E-state index >= 15 is 0 Å². The van der Waals surface area contributed by atoms with E-state index in [0.29, 0.717) is 21.4 Å². The van der Waals surface area contributed by atoms with E-state index in [2.05, 4.69) is 5.10 Å². The molecule has 0 fully saturated rings. The molecule has 9 heteroatoms. The first-order chi connectivity index (χ1) is 11.8. The Labute approximate surface area is 153 Å². The van der Waals surface area contributed by atoms with Gasteiger partial charge in [0.15, 0.2) is 0 Å². The molecule has 25 heavy (non-hydrogen) atoms. The lowest BCUT2D eigenvalue weighted by Crippen LogP contribution is -2.13. The second kappa shape index (κ2) is 6.67. The summed E-state index contributed by atoms with van der Waals surface area (Å²) in [4.78, 5) is -0.184. The number of benzene rings is 2. The molecule has 0 aliphatic rings. The Bertz CT molecular complexity index is 1030. The molecule has 0 spiro atoms.